The molecule has 1 N–H and O–H groups in total. The zero-order valence-electron chi connectivity index (χ0n) is 20.3. The van der Waals surface area contributed by atoms with Crippen LogP contribution in [-0.4, -0.2) is 51.7 Å². The lowest BCUT2D eigenvalue weighted by molar-refractivity contribution is -0.0537. The molecule has 0 radical (unpaired) electrons. The SMILES string of the molecule is Cc1ccn(CCOc2ccc(CN3CCC(O)(COc4cc(C)c(Cl)c(C)c4)CC3)cc2)n1. The predicted molar refractivity (Wildman–Crippen MR) is 135 cm³/mol. The zero-order valence-corrected chi connectivity index (χ0v) is 21.0. The lowest BCUT2D eigenvalue weighted by atomic mass is 9.92. The second kappa shape index (κ2) is 10.8. The molecule has 182 valence electrons. The third-order valence-electron chi connectivity index (χ3n) is 6.40. The second-order valence-electron chi connectivity index (χ2n) is 9.37. The van der Waals surface area contributed by atoms with Gasteiger partial charge < -0.3 is 14.6 Å². The molecule has 2 heterocycles. The predicted octanol–water partition coefficient (Wildman–Crippen LogP) is 4.95. The maximum absolute atomic E-state index is 11.0. The minimum Gasteiger partial charge on any atom is -0.492 e. The summed E-state index contributed by atoms with van der Waals surface area (Å²) >= 11 is 6.24. The Hall–Kier alpha value is -2.54. The van der Waals surface area contributed by atoms with Crippen LogP contribution in [0.2, 0.25) is 5.02 Å². The van der Waals surface area contributed by atoms with Crippen molar-refractivity contribution in [2.24, 2.45) is 0 Å². The van der Waals surface area contributed by atoms with Gasteiger partial charge >= 0.3 is 0 Å². The largest absolute Gasteiger partial charge is 0.492 e. The number of benzene rings is 2. The van der Waals surface area contributed by atoms with E-state index in [0.717, 1.165) is 59.5 Å². The molecule has 0 saturated carbocycles. The van der Waals surface area contributed by atoms with Crippen LogP contribution in [0.4, 0.5) is 0 Å². The van der Waals surface area contributed by atoms with Gasteiger partial charge in [0.05, 0.1) is 12.2 Å². The molecule has 0 spiro atoms. The van der Waals surface area contributed by atoms with Crippen molar-refractivity contribution in [3.05, 3.63) is 76.1 Å². The maximum Gasteiger partial charge on any atom is 0.120 e. The van der Waals surface area contributed by atoms with Crippen LogP contribution >= 0.6 is 11.6 Å². The molecule has 3 aromatic rings. The first-order chi connectivity index (χ1) is 16.3. The first-order valence-electron chi connectivity index (χ1n) is 11.9. The monoisotopic (exact) mass is 483 g/mol. The molecule has 2 aromatic carbocycles. The van der Waals surface area contributed by atoms with Gasteiger partial charge in [0.1, 0.15) is 30.3 Å². The molecular weight excluding hydrogens is 450 g/mol. The van der Waals surface area contributed by atoms with Gasteiger partial charge in [0.25, 0.3) is 0 Å². The first kappa shape index (κ1) is 24.6. The molecule has 1 aromatic heterocycles. The van der Waals surface area contributed by atoms with Gasteiger partial charge in [-0.05, 0) is 80.6 Å². The van der Waals surface area contributed by atoms with Crippen molar-refractivity contribution < 1.29 is 14.6 Å². The summed E-state index contributed by atoms with van der Waals surface area (Å²) < 4.78 is 13.7. The first-order valence-corrected chi connectivity index (χ1v) is 12.2. The van der Waals surface area contributed by atoms with Gasteiger partial charge in [-0.15, -0.1) is 0 Å². The van der Waals surface area contributed by atoms with Gasteiger partial charge in [0.15, 0.2) is 0 Å². The van der Waals surface area contributed by atoms with E-state index >= 15 is 0 Å². The Balaban J connectivity index is 1.20. The molecule has 4 rings (SSSR count). The summed E-state index contributed by atoms with van der Waals surface area (Å²) in [6.07, 6.45) is 3.34. The van der Waals surface area contributed by atoms with E-state index in [4.69, 9.17) is 21.1 Å². The average Bonchev–Trinajstić information content (AvgIpc) is 3.24. The van der Waals surface area contributed by atoms with Crippen LogP contribution < -0.4 is 9.47 Å². The molecular formula is C27H34ClN3O3. The number of halogens is 1. The number of ether oxygens (including phenoxy) is 2. The Morgan fingerprint density at radius 1 is 0.971 bits per heavy atom. The molecule has 0 atom stereocenters. The smallest absolute Gasteiger partial charge is 0.120 e. The summed E-state index contributed by atoms with van der Waals surface area (Å²) in [5.41, 5.74) is 3.43. The molecule has 0 unspecified atom stereocenters. The second-order valence-corrected chi connectivity index (χ2v) is 9.75. The Morgan fingerprint density at radius 2 is 1.65 bits per heavy atom. The Bertz CT molecular complexity index is 1070. The fourth-order valence-corrected chi connectivity index (χ4v) is 4.38. The number of hydrogen-bond donors (Lipinski definition) is 1. The van der Waals surface area contributed by atoms with E-state index in [2.05, 4.69) is 22.1 Å². The number of rotatable bonds is 9. The van der Waals surface area contributed by atoms with E-state index in [9.17, 15) is 5.11 Å². The third-order valence-corrected chi connectivity index (χ3v) is 6.99. The van der Waals surface area contributed by atoms with Crippen LogP contribution in [-0.2, 0) is 13.1 Å². The molecule has 6 nitrogen and oxygen atoms in total. The van der Waals surface area contributed by atoms with Crippen LogP contribution in [0.3, 0.4) is 0 Å². The van der Waals surface area contributed by atoms with Crippen LogP contribution in [0.1, 0.15) is 35.2 Å². The molecule has 34 heavy (non-hydrogen) atoms. The molecule has 0 aliphatic carbocycles. The minimum atomic E-state index is -0.803. The van der Waals surface area contributed by atoms with Gasteiger partial charge in [-0.25, -0.2) is 0 Å². The molecule has 0 amide bonds. The topological polar surface area (TPSA) is 59.8 Å². The van der Waals surface area contributed by atoms with Crippen LogP contribution in [0.25, 0.3) is 0 Å². The van der Waals surface area contributed by atoms with Crippen molar-refractivity contribution >= 4 is 11.6 Å². The quantitative estimate of drug-likeness (QED) is 0.466. The van der Waals surface area contributed by atoms with Crippen molar-refractivity contribution in [1.29, 1.82) is 0 Å². The summed E-state index contributed by atoms with van der Waals surface area (Å²) in [6, 6.07) is 14.1. The summed E-state index contributed by atoms with van der Waals surface area (Å²) in [7, 11) is 0. The van der Waals surface area contributed by atoms with Crippen LogP contribution in [0.15, 0.2) is 48.7 Å². The molecule has 0 bridgehead atoms. The van der Waals surface area contributed by atoms with E-state index in [1.54, 1.807) is 0 Å². The molecule has 7 heteroatoms. The van der Waals surface area contributed by atoms with Gasteiger partial charge in [-0.3, -0.25) is 9.58 Å². The van der Waals surface area contributed by atoms with Crippen LogP contribution in [0.5, 0.6) is 11.5 Å². The van der Waals surface area contributed by atoms with Crippen molar-refractivity contribution in [3.63, 3.8) is 0 Å². The van der Waals surface area contributed by atoms with Crippen molar-refractivity contribution in [2.75, 3.05) is 26.3 Å². The minimum absolute atomic E-state index is 0.297. The fraction of sp³-hybridized carbons (Fsp3) is 0.444. The van der Waals surface area contributed by atoms with Gasteiger partial charge in [0, 0.05) is 30.9 Å². The van der Waals surface area contributed by atoms with Gasteiger partial charge in [0.2, 0.25) is 0 Å². The lowest BCUT2D eigenvalue weighted by Gasteiger charge is -2.38. The van der Waals surface area contributed by atoms with Crippen molar-refractivity contribution in [3.8, 4) is 11.5 Å². The van der Waals surface area contributed by atoms with Gasteiger partial charge in [-0.2, -0.15) is 5.10 Å². The van der Waals surface area contributed by atoms with Crippen LogP contribution in [0, 0.1) is 20.8 Å². The normalized spacial score (nSPS) is 15.9. The van der Waals surface area contributed by atoms with E-state index in [-0.39, 0.29) is 0 Å². The Morgan fingerprint density at radius 3 is 2.26 bits per heavy atom. The van der Waals surface area contributed by atoms with E-state index in [0.29, 0.717) is 26.1 Å². The highest BCUT2D eigenvalue weighted by Gasteiger charge is 2.33. The summed E-state index contributed by atoms with van der Waals surface area (Å²) in [6.45, 7) is 10.1. The Labute approximate surface area is 207 Å². The summed E-state index contributed by atoms with van der Waals surface area (Å²) in [5.74, 6) is 1.63. The number of hydrogen-bond acceptors (Lipinski definition) is 5. The maximum atomic E-state index is 11.0. The zero-order chi connectivity index (χ0) is 24.1. The van der Waals surface area contributed by atoms with Crippen molar-refractivity contribution in [1.82, 2.24) is 14.7 Å². The number of aryl methyl sites for hydroxylation is 3. The number of nitrogens with zero attached hydrogens (tertiary/aromatic N) is 3. The fourth-order valence-electron chi connectivity index (χ4n) is 4.27. The van der Waals surface area contributed by atoms with Crippen molar-refractivity contribution in [2.45, 2.75) is 52.3 Å². The summed E-state index contributed by atoms with van der Waals surface area (Å²) in [4.78, 5) is 2.38. The molecule has 1 aliphatic rings. The highest BCUT2D eigenvalue weighted by molar-refractivity contribution is 6.32. The Kier molecular flexibility index (Phi) is 7.81. The average molecular weight is 484 g/mol. The third kappa shape index (κ3) is 6.53. The highest BCUT2D eigenvalue weighted by atomic mass is 35.5. The number of piperidine rings is 1. The number of aromatic nitrogens is 2. The van der Waals surface area contributed by atoms with Gasteiger partial charge in [-0.1, -0.05) is 23.7 Å². The lowest BCUT2D eigenvalue weighted by Crippen LogP contribution is -2.47. The highest BCUT2D eigenvalue weighted by Crippen LogP contribution is 2.29. The standard InChI is InChI=1S/C27H34ClN3O3/c1-20-16-25(17-21(2)26(20)28)34-19-27(32)9-12-30(13-10-27)18-23-4-6-24(7-5-23)33-15-14-31-11-8-22(3)29-31/h4-8,11,16-17,32H,9-10,12-15,18-19H2,1-3H3. The number of likely N-dealkylation sites (tertiary alicyclic amines) is 1. The number of aliphatic hydroxyl groups is 1. The molecule has 1 fully saturated rings. The van der Waals surface area contributed by atoms with E-state index in [1.807, 2.05) is 62.0 Å². The van der Waals surface area contributed by atoms with E-state index in [1.165, 1.54) is 5.56 Å². The molecule has 1 aliphatic heterocycles. The summed E-state index contributed by atoms with van der Waals surface area (Å²) in [5, 5.41) is 16.1. The van der Waals surface area contributed by atoms with E-state index < -0.39 is 5.60 Å². The molecule has 1 saturated heterocycles.